The van der Waals surface area contributed by atoms with Gasteiger partial charge in [0, 0.05) is 19.3 Å². The molecule has 0 spiro atoms. The van der Waals surface area contributed by atoms with Gasteiger partial charge in [0.25, 0.3) is 0 Å². The lowest BCUT2D eigenvalue weighted by Gasteiger charge is -2.18. The zero-order valence-electron chi connectivity index (χ0n) is 32.6. The Balaban J connectivity index is 4.37. The Kier molecular flexibility index (Phi) is 34.1. The quantitative estimate of drug-likeness (QED) is 0.0372. The second kappa shape index (κ2) is 35.2. The minimum atomic E-state index is -0.759. The van der Waals surface area contributed by atoms with Crippen molar-refractivity contribution in [1.82, 2.24) is 0 Å². The maximum Gasteiger partial charge on any atom is 0.306 e. The molecule has 0 radical (unpaired) electrons. The maximum atomic E-state index is 12.6. The molecule has 284 valence electrons. The standard InChI is InChI=1S/C42H80O6/c1-6-8-9-10-11-12-16-22-27-32-40(43)46-35-39(36-47-41(44)33-28-23-19-18-21-26-31-38(5)7-2)48-42(45)34-29-24-17-14-13-15-20-25-30-37(3)4/h37-39H,6-36H2,1-5H3/t38?,39-/m0/s1. The molecule has 6 nitrogen and oxygen atoms in total. The molecule has 0 amide bonds. The number of unbranched alkanes of at least 4 members (excludes halogenated alkanes) is 20. The number of rotatable bonds is 36. The van der Waals surface area contributed by atoms with Crippen LogP contribution in [0.2, 0.25) is 0 Å². The van der Waals surface area contributed by atoms with Crippen LogP contribution in [0.4, 0.5) is 0 Å². The van der Waals surface area contributed by atoms with Crippen LogP contribution in [0.15, 0.2) is 0 Å². The summed E-state index contributed by atoms with van der Waals surface area (Å²) in [6.07, 6.45) is 30.9. The summed E-state index contributed by atoms with van der Waals surface area (Å²) < 4.78 is 16.6. The summed E-state index contributed by atoms with van der Waals surface area (Å²) in [6, 6.07) is 0. The van der Waals surface area contributed by atoms with Gasteiger partial charge in [0.1, 0.15) is 13.2 Å². The highest BCUT2D eigenvalue weighted by atomic mass is 16.6. The molecule has 0 aromatic rings. The van der Waals surface area contributed by atoms with Crippen LogP contribution in [-0.2, 0) is 28.6 Å². The van der Waals surface area contributed by atoms with Crippen LogP contribution < -0.4 is 0 Å². The van der Waals surface area contributed by atoms with Gasteiger partial charge in [-0.05, 0) is 31.1 Å². The second-order valence-electron chi connectivity index (χ2n) is 15.0. The van der Waals surface area contributed by atoms with E-state index in [2.05, 4.69) is 34.6 Å². The molecule has 6 heteroatoms. The first-order valence-electron chi connectivity index (χ1n) is 20.8. The number of hydrogen-bond donors (Lipinski definition) is 0. The van der Waals surface area contributed by atoms with Crippen molar-refractivity contribution in [2.75, 3.05) is 13.2 Å². The van der Waals surface area contributed by atoms with E-state index in [1.807, 2.05) is 0 Å². The highest BCUT2D eigenvalue weighted by molar-refractivity contribution is 5.71. The Hall–Kier alpha value is -1.59. The summed E-state index contributed by atoms with van der Waals surface area (Å²) >= 11 is 0. The van der Waals surface area contributed by atoms with Gasteiger partial charge in [-0.2, -0.15) is 0 Å². The predicted octanol–water partition coefficient (Wildman–Crippen LogP) is 12.6. The molecule has 0 aliphatic carbocycles. The first kappa shape index (κ1) is 46.4. The van der Waals surface area contributed by atoms with Gasteiger partial charge in [-0.1, -0.05) is 182 Å². The fraction of sp³-hybridized carbons (Fsp3) is 0.929. The van der Waals surface area contributed by atoms with Crippen molar-refractivity contribution in [3.8, 4) is 0 Å². The Morgan fingerprint density at radius 2 is 0.792 bits per heavy atom. The van der Waals surface area contributed by atoms with E-state index in [1.165, 1.54) is 109 Å². The number of carbonyl (C=O) groups excluding carboxylic acids is 3. The van der Waals surface area contributed by atoms with Gasteiger partial charge in [-0.3, -0.25) is 14.4 Å². The third-order valence-electron chi connectivity index (χ3n) is 9.58. The molecule has 2 atom stereocenters. The Morgan fingerprint density at radius 1 is 0.438 bits per heavy atom. The van der Waals surface area contributed by atoms with Gasteiger partial charge >= 0.3 is 17.9 Å². The number of carbonyl (C=O) groups is 3. The largest absolute Gasteiger partial charge is 0.462 e. The smallest absolute Gasteiger partial charge is 0.306 e. The van der Waals surface area contributed by atoms with E-state index < -0.39 is 6.10 Å². The van der Waals surface area contributed by atoms with Crippen LogP contribution in [0.25, 0.3) is 0 Å². The van der Waals surface area contributed by atoms with Crippen molar-refractivity contribution in [3.63, 3.8) is 0 Å². The predicted molar refractivity (Wildman–Crippen MR) is 201 cm³/mol. The first-order chi connectivity index (χ1) is 23.3. The molecule has 1 unspecified atom stereocenters. The zero-order valence-corrected chi connectivity index (χ0v) is 32.6. The monoisotopic (exact) mass is 681 g/mol. The highest BCUT2D eigenvalue weighted by Crippen LogP contribution is 2.16. The van der Waals surface area contributed by atoms with E-state index in [4.69, 9.17) is 14.2 Å². The van der Waals surface area contributed by atoms with Crippen molar-refractivity contribution < 1.29 is 28.6 Å². The average molecular weight is 681 g/mol. The lowest BCUT2D eigenvalue weighted by atomic mass is 10.00. The molecule has 0 saturated heterocycles. The van der Waals surface area contributed by atoms with Gasteiger partial charge in [0.15, 0.2) is 6.10 Å². The summed E-state index contributed by atoms with van der Waals surface area (Å²) in [5.41, 5.74) is 0. The molecule has 0 aliphatic heterocycles. The summed E-state index contributed by atoms with van der Waals surface area (Å²) in [7, 11) is 0. The fourth-order valence-electron chi connectivity index (χ4n) is 6.01. The molecule has 0 heterocycles. The Bertz CT molecular complexity index is 736. The van der Waals surface area contributed by atoms with Crippen molar-refractivity contribution in [3.05, 3.63) is 0 Å². The topological polar surface area (TPSA) is 78.9 Å². The molecular formula is C42H80O6. The Morgan fingerprint density at radius 3 is 1.19 bits per heavy atom. The van der Waals surface area contributed by atoms with E-state index in [9.17, 15) is 14.4 Å². The SMILES string of the molecule is CCCCCCCCCCCC(=O)OC[C@@H](COC(=O)CCCCCCCCC(C)CC)OC(=O)CCCCCCCCCCC(C)C. The van der Waals surface area contributed by atoms with E-state index in [1.54, 1.807) is 0 Å². The normalized spacial score (nSPS) is 12.6. The van der Waals surface area contributed by atoms with Crippen molar-refractivity contribution in [2.45, 2.75) is 227 Å². The lowest BCUT2D eigenvalue weighted by molar-refractivity contribution is -0.167. The second-order valence-corrected chi connectivity index (χ2v) is 15.0. The number of ether oxygens (including phenoxy) is 3. The minimum absolute atomic E-state index is 0.0667. The Labute approximate surface area is 298 Å². The molecule has 0 N–H and O–H groups in total. The summed E-state index contributed by atoms with van der Waals surface area (Å²) in [6.45, 7) is 11.2. The van der Waals surface area contributed by atoms with E-state index in [-0.39, 0.29) is 31.1 Å². The van der Waals surface area contributed by atoms with Crippen LogP contribution in [0.3, 0.4) is 0 Å². The third kappa shape index (κ3) is 34.3. The summed E-state index contributed by atoms with van der Waals surface area (Å²) in [5.74, 6) is 0.738. The zero-order chi connectivity index (χ0) is 35.5. The summed E-state index contributed by atoms with van der Waals surface area (Å²) in [5, 5.41) is 0. The number of esters is 3. The molecule has 0 rings (SSSR count). The van der Waals surface area contributed by atoms with Gasteiger partial charge in [0.05, 0.1) is 0 Å². The molecule has 0 saturated carbocycles. The van der Waals surface area contributed by atoms with Crippen LogP contribution in [0, 0.1) is 11.8 Å². The molecular weight excluding hydrogens is 600 g/mol. The lowest BCUT2D eigenvalue weighted by Crippen LogP contribution is -2.30. The van der Waals surface area contributed by atoms with E-state index in [0.29, 0.717) is 19.3 Å². The van der Waals surface area contributed by atoms with Gasteiger partial charge in [-0.25, -0.2) is 0 Å². The molecule has 0 aromatic carbocycles. The van der Waals surface area contributed by atoms with Gasteiger partial charge < -0.3 is 14.2 Å². The van der Waals surface area contributed by atoms with Crippen LogP contribution in [-0.4, -0.2) is 37.2 Å². The van der Waals surface area contributed by atoms with Crippen LogP contribution in [0.1, 0.15) is 221 Å². The van der Waals surface area contributed by atoms with Crippen molar-refractivity contribution in [1.29, 1.82) is 0 Å². The minimum Gasteiger partial charge on any atom is -0.462 e. The highest BCUT2D eigenvalue weighted by Gasteiger charge is 2.19. The first-order valence-corrected chi connectivity index (χ1v) is 20.8. The van der Waals surface area contributed by atoms with Crippen LogP contribution in [0.5, 0.6) is 0 Å². The van der Waals surface area contributed by atoms with Gasteiger partial charge in [0.2, 0.25) is 0 Å². The fourth-order valence-corrected chi connectivity index (χ4v) is 6.01. The molecule has 0 fully saturated rings. The molecule has 0 bridgehead atoms. The molecule has 48 heavy (non-hydrogen) atoms. The third-order valence-corrected chi connectivity index (χ3v) is 9.58. The van der Waals surface area contributed by atoms with E-state index >= 15 is 0 Å². The van der Waals surface area contributed by atoms with Crippen LogP contribution >= 0.6 is 0 Å². The molecule has 0 aliphatic rings. The van der Waals surface area contributed by atoms with Gasteiger partial charge in [-0.15, -0.1) is 0 Å². The molecule has 0 aromatic heterocycles. The number of hydrogen-bond acceptors (Lipinski definition) is 6. The van der Waals surface area contributed by atoms with E-state index in [0.717, 1.165) is 69.6 Å². The van der Waals surface area contributed by atoms with Crippen molar-refractivity contribution in [2.24, 2.45) is 11.8 Å². The summed E-state index contributed by atoms with van der Waals surface area (Å²) in [4.78, 5) is 37.5. The van der Waals surface area contributed by atoms with Crippen molar-refractivity contribution >= 4 is 17.9 Å². The average Bonchev–Trinajstić information content (AvgIpc) is 3.06. The maximum absolute atomic E-state index is 12.6.